The monoisotopic (exact) mass is 358 g/mol. The van der Waals surface area contributed by atoms with Crippen molar-refractivity contribution in [2.75, 3.05) is 28.4 Å². The summed E-state index contributed by atoms with van der Waals surface area (Å²) in [5.41, 5.74) is 3.25. The lowest BCUT2D eigenvalue weighted by atomic mass is 9.85. The van der Waals surface area contributed by atoms with Crippen LogP contribution < -0.4 is 18.9 Å². The molecule has 0 spiro atoms. The summed E-state index contributed by atoms with van der Waals surface area (Å²) in [5, 5.41) is 20.5. The molecule has 0 amide bonds. The van der Waals surface area contributed by atoms with Crippen LogP contribution in [0, 0.1) is 0 Å². The fourth-order valence-corrected chi connectivity index (χ4v) is 3.30. The lowest BCUT2D eigenvalue weighted by molar-refractivity contribution is 0.324. The van der Waals surface area contributed by atoms with Gasteiger partial charge in [-0.3, -0.25) is 0 Å². The van der Waals surface area contributed by atoms with Crippen LogP contribution >= 0.6 is 0 Å². The van der Waals surface area contributed by atoms with Gasteiger partial charge in [-0.05, 0) is 47.7 Å². The van der Waals surface area contributed by atoms with E-state index in [9.17, 15) is 10.2 Å². The zero-order valence-corrected chi connectivity index (χ0v) is 15.3. The van der Waals surface area contributed by atoms with Crippen LogP contribution in [-0.2, 0) is 6.42 Å². The van der Waals surface area contributed by atoms with Gasteiger partial charge in [0, 0.05) is 5.56 Å². The van der Waals surface area contributed by atoms with Gasteiger partial charge in [-0.2, -0.15) is 0 Å². The third-order valence-corrected chi connectivity index (χ3v) is 4.57. The minimum Gasteiger partial charge on any atom is -0.504 e. The minimum absolute atomic E-state index is 0.141. The van der Waals surface area contributed by atoms with Gasteiger partial charge in [0.2, 0.25) is 11.5 Å². The Morgan fingerprint density at radius 3 is 1.92 bits per heavy atom. The highest BCUT2D eigenvalue weighted by Crippen LogP contribution is 2.48. The van der Waals surface area contributed by atoms with Crippen LogP contribution in [0.5, 0.6) is 34.5 Å². The molecule has 0 bridgehead atoms. The van der Waals surface area contributed by atoms with Gasteiger partial charge >= 0.3 is 0 Å². The van der Waals surface area contributed by atoms with E-state index in [1.54, 1.807) is 27.4 Å². The lowest BCUT2D eigenvalue weighted by Gasteiger charge is -2.22. The van der Waals surface area contributed by atoms with Gasteiger partial charge in [0.15, 0.2) is 23.0 Å². The maximum absolute atomic E-state index is 10.4. The minimum atomic E-state index is -0.239. The number of fused-ring (bicyclic) bond motifs is 1. The normalized spacial score (nSPS) is 12.8. The molecule has 2 aromatic rings. The van der Waals surface area contributed by atoms with E-state index in [0.29, 0.717) is 29.2 Å². The van der Waals surface area contributed by atoms with E-state index in [-0.39, 0.29) is 17.2 Å². The second kappa shape index (κ2) is 7.07. The second-order valence-electron chi connectivity index (χ2n) is 5.87. The summed E-state index contributed by atoms with van der Waals surface area (Å²) in [4.78, 5) is 0. The molecular formula is C20H22O6. The molecule has 0 saturated carbocycles. The predicted molar refractivity (Wildman–Crippen MR) is 97.8 cm³/mol. The smallest absolute Gasteiger partial charge is 0.203 e. The summed E-state index contributed by atoms with van der Waals surface area (Å²) in [5.74, 6) is 1.45. The average Bonchev–Trinajstić information content (AvgIpc) is 2.68. The lowest BCUT2D eigenvalue weighted by Crippen LogP contribution is -2.04. The molecular weight excluding hydrogens is 336 g/mol. The van der Waals surface area contributed by atoms with Gasteiger partial charge in [0.05, 0.1) is 28.4 Å². The van der Waals surface area contributed by atoms with Crippen LogP contribution in [0.2, 0.25) is 0 Å². The summed E-state index contributed by atoms with van der Waals surface area (Å²) in [7, 11) is 6.14. The molecule has 26 heavy (non-hydrogen) atoms. The SMILES string of the molecule is COc1cc2c(c(O)c1O)CCC=C2c1cc(OC)c(OC)c(OC)c1. The quantitative estimate of drug-likeness (QED) is 0.797. The number of methoxy groups -OCH3 is 4. The van der Waals surface area contributed by atoms with Crippen molar-refractivity contribution in [1.29, 1.82) is 0 Å². The third-order valence-electron chi connectivity index (χ3n) is 4.57. The molecule has 0 unspecified atom stereocenters. The fraction of sp³-hybridized carbons (Fsp3) is 0.300. The first-order valence-corrected chi connectivity index (χ1v) is 8.18. The summed E-state index contributed by atoms with van der Waals surface area (Å²) < 4.78 is 21.5. The van der Waals surface area contributed by atoms with Crippen molar-refractivity contribution < 1.29 is 29.2 Å². The van der Waals surface area contributed by atoms with Crippen molar-refractivity contribution in [3.05, 3.63) is 41.0 Å². The molecule has 0 saturated heterocycles. The Morgan fingerprint density at radius 2 is 1.38 bits per heavy atom. The summed E-state index contributed by atoms with van der Waals surface area (Å²) in [6.07, 6.45) is 3.45. The Morgan fingerprint density at radius 1 is 0.769 bits per heavy atom. The highest BCUT2D eigenvalue weighted by Gasteiger charge is 2.24. The van der Waals surface area contributed by atoms with Crippen molar-refractivity contribution >= 4 is 5.57 Å². The van der Waals surface area contributed by atoms with Gasteiger partial charge in [-0.1, -0.05) is 6.08 Å². The molecule has 138 valence electrons. The maximum atomic E-state index is 10.4. The zero-order chi connectivity index (χ0) is 18.8. The van der Waals surface area contributed by atoms with Crippen molar-refractivity contribution in [2.24, 2.45) is 0 Å². The van der Waals surface area contributed by atoms with Gasteiger partial charge in [0.25, 0.3) is 0 Å². The Kier molecular flexibility index (Phi) is 4.84. The second-order valence-corrected chi connectivity index (χ2v) is 5.87. The molecule has 6 heteroatoms. The third kappa shape index (κ3) is 2.77. The van der Waals surface area contributed by atoms with E-state index in [2.05, 4.69) is 6.08 Å². The van der Waals surface area contributed by atoms with Crippen LogP contribution in [0.15, 0.2) is 24.3 Å². The van der Waals surface area contributed by atoms with Gasteiger partial charge in [-0.25, -0.2) is 0 Å². The summed E-state index contributed by atoms with van der Waals surface area (Å²) >= 11 is 0. The number of hydrogen-bond acceptors (Lipinski definition) is 6. The molecule has 0 fully saturated rings. The molecule has 0 heterocycles. The highest BCUT2D eigenvalue weighted by molar-refractivity contribution is 5.87. The van der Waals surface area contributed by atoms with E-state index in [0.717, 1.165) is 23.1 Å². The molecule has 6 nitrogen and oxygen atoms in total. The van der Waals surface area contributed by atoms with Gasteiger partial charge < -0.3 is 29.2 Å². The molecule has 0 aliphatic heterocycles. The van der Waals surface area contributed by atoms with Crippen molar-refractivity contribution in [2.45, 2.75) is 12.8 Å². The Labute approximate surface area is 152 Å². The summed E-state index contributed by atoms with van der Waals surface area (Å²) in [6, 6.07) is 5.45. The van der Waals surface area contributed by atoms with Crippen LogP contribution in [0.4, 0.5) is 0 Å². The molecule has 3 rings (SSSR count). The predicted octanol–water partition coefficient (Wildman–Crippen LogP) is 3.51. The first kappa shape index (κ1) is 17.8. The molecule has 0 aromatic heterocycles. The number of ether oxygens (including phenoxy) is 4. The van der Waals surface area contributed by atoms with Crippen LogP contribution in [0.1, 0.15) is 23.1 Å². The van der Waals surface area contributed by atoms with Crippen molar-refractivity contribution in [1.82, 2.24) is 0 Å². The number of rotatable bonds is 5. The number of allylic oxidation sites excluding steroid dienone is 1. The topological polar surface area (TPSA) is 77.4 Å². The van der Waals surface area contributed by atoms with E-state index in [1.165, 1.54) is 7.11 Å². The van der Waals surface area contributed by atoms with Crippen molar-refractivity contribution in [3.63, 3.8) is 0 Å². The Bertz CT molecular complexity index is 844. The molecule has 2 N–H and O–H groups in total. The first-order valence-electron chi connectivity index (χ1n) is 8.18. The number of phenolic OH excluding ortho intramolecular Hbond substituents is 2. The fourth-order valence-electron chi connectivity index (χ4n) is 3.30. The van der Waals surface area contributed by atoms with E-state index >= 15 is 0 Å². The molecule has 1 aliphatic rings. The van der Waals surface area contributed by atoms with E-state index < -0.39 is 0 Å². The molecule has 2 aromatic carbocycles. The maximum Gasteiger partial charge on any atom is 0.203 e. The first-order chi connectivity index (χ1) is 12.5. The average molecular weight is 358 g/mol. The Hall–Kier alpha value is -3.02. The highest BCUT2D eigenvalue weighted by atomic mass is 16.5. The van der Waals surface area contributed by atoms with Crippen molar-refractivity contribution in [3.8, 4) is 34.5 Å². The summed E-state index contributed by atoms with van der Waals surface area (Å²) in [6.45, 7) is 0. The number of aromatic hydroxyl groups is 2. The number of benzene rings is 2. The van der Waals surface area contributed by atoms with Crippen LogP contribution in [0.3, 0.4) is 0 Å². The van der Waals surface area contributed by atoms with Crippen LogP contribution in [0.25, 0.3) is 5.57 Å². The molecule has 0 radical (unpaired) electrons. The number of hydrogen-bond donors (Lipinski definition) is 2. The standard InChI is InChI=1S/C20H22O6/c1-23-15-10-14-12(6-5-7-13(14)18(21)19(15)22)11-8-16(24-2)20(26-4)17(9-11)25-3/h6,8-10,21-22H,5,7H2,1-4H3. The Balaban J connectivity index is 2.21. The van der Waals surface area contributed by atoms with Gasteiger partial charge in [0.1, 0.15) is 0 Å². The molecule has 1 aliphatic carbocycles. The van der Waals surface area contributed by atoms with Gasteiger partial charge in [-0.15, -0.1) is 0 Å². The van der Waals surface area contributed by atoms with E-state index in [4.69, 9.17) is 18.9 Å². The zero-order valence-electron chi connectivity index (χ0n) is 15.3. The van der Waals surface area contributed by atoms with E-state index in [1.807, 2.05) is 12.1 Å². The van der Waals surface area contributed by atoms with Crippen LogP contribution in [-0.4, -0.2) is 38.7 Å². The number of phenols is 2. The molecule has 0 atom stereocenters. The largest absolute Gasteiger partial charge is 0.504 e.